The molecule has 82 valence electrons. The van der Waals surface area contributed by atoms with Crippen molar-refractivity contribution < 1.29 is 4.79 Å². The number of amides is 1. The third-order valence-corrected chi connectivity index (χ3v) is 2.46. The molecule has 0 aromatic heterocycles. The van der Waals surface area contributed by atoms with Crippen LogP contribution in [0.5, 0.6) is 0 Å². The number of alkyl halides is 1. The number of hydrogen-bond donors (Lipinski definition) is 0. The highest BCUT2D eigenvalue weighted by atomic mass is 79.9. The van der Waals surface area contributed by atoms with E-state index in [4.69, 9.17) is 0 Å². The van der Waals surface area contributed by atoms with Gasteiger partial charge in [-0.15, -0.1) is 0 Å². The largest absolute Gasteiger partial charge is 0.340 e. The smallest absolute Gasteiger partial charge is 0.238 e. The minimum atomic E-state index is -0.490. The summed E-state index contributed by atoms with van der Waals surface area (Å²) in [5.74, 6) is 0.0892. The lowest BCUT2D eigenvalue weighted by atomic mass is 10.1. The SMILES string of the molecule is CN(Cc1ccccc1)C(=O)C(C)(C)Br. The molecule has 0 aliphatic carbocycles. The van der Waals surface area contributed by atoms with Crippen LogP contribution < -0.4 is 0 Å². The van der Waals surface area contributed by atoms with Gasteiger partial charge in [-0.2, -0.15) is 0 Å². The Hall–Kier alpha value is -0.830. The van der Waals surface area contributed by atoms with Gasteiger partial charge in [-0.3, -0.25) is 4.79 Å². The standard InChI is InChI=1S/C12H16BrNO/c1-12(2,13)11(15)14(3)9-10-7-5-4-6-8-10/h4-8H,9H2,1-3H3. The highest BCUT2D eigenvalue weighted by Gasteiger charge is 2.26. The molecule has 0 radical (unpaired) electrons. The quantitative estimate of drug-likeness (QED) is 0.773. The summed E-state index contributed by atoms with van der Waals surface area (Å²) in [6.07, 6.45) is 0. The van der Waals surface area contributed by atoms with Gasteiger partial charge in [0.15, 0.2) is 0 Å². The van der Waals surface area contributed by atoms with E-state index in [1.54, 1.807) is 4.90 Å². The molecule has 0 atom stereocenters. The van der Waals surface area contributed by atoms with Gasteiger partial charge in [-0.05, 0) is 19.4 Å². The van der Waals surface area contributed by atoms with E-state index in [1.807, 2.05) is 51.2 Å². The van der Waals surface area contributed by atoms with Crippen molar-refractivity contribution in [3.05, 3.63) is 35.9 Å². The van der Waals surface area contributed by atoms with Gasteiger partial charge in [0.2, 0.25) is 5.91 Å². The first-order valence-corrected chi connectivity index (χ1v) is 5.69. The van der Waals surface area contributed by atoms with E-state index in [-0.39, 0.29) is 5.91 Å². The summed E-state index contributed by atoms with van der Waals surface area (Å²) in [6.45, 7) is 4.36. The Bertz CT molecular complexity index is 329. The van der Waals surface area contributed by atoms with Gasteiger partial charge in [0.25, 0.3) is 0 Å². The molecule has 15 heavy (non-hydrogen) atoms. The molecule has 0 saturated carbocycles. The molecule has 0 unspecified atom stereocenters. The molecular formula is C12H16BrNO. The van der Waals surface area contributed by atoms with Gasteiger partial charge in [-0.25, -0.2) is 0 Å². The molecule has 3 heteroatoms. The number of carbonyl (C=O) groups excluding carboxylic acids is 1. The monoisotopic (exact) mass is 269 g/mol. The first kappa shape index (κ1) is 12.2. The molecule has 1 aromatic carbocycles. The van der Waals surface area contributed by atoms with Crippen LogP contribution in [0.25, 0.3) is 0 Å². The van der Waals surface area contributed by atoms with Crippen molar-refractivity contribution in [2.75, 3.05) is 7.05 Å². The fourth-order valence-corrected chi connectivity index (χ4v) is 1.69. The maximum Gasteiger partial charge on any atom is 0.238 e. The molecule has 0 aliphatic heterocycles. The highest BCUT2D eigenvalue weighted by molar-refractivity contribution is 9.10. The van der Waals surface area contributed by atoms with Crippen molar-refractivity contribution in [3.63, 3.8) is 0 Å². The first-order chi connectivity index (χ1) is 6.91. The van der Waals surface area contributed by atoms with E-state index in [0.717, 1.165) is 5.56 Å². The second-order valence-corrected chi connectivity index (χ2v) is 6.10. The van der Waals surface area contributed by atoms with Crippen molar-refractivity contribution in [1.82, 2.24) is 4.90 Å². The molecule has 0 spiro atoms. The average molecular weight is 270 g/mol. The Morgan fingerprint density at radius 1 is 1.33 bits per heavy atom. The fraction of sp³-hybridized carbons (Fsp3) is 0.417. The van der Waals surface area contributed by atoms with E-state index in [1.165, 1.54) is 0 Å². The Morgan fingerprint density at radius 3 is 2.33 bits per heavy atom. The van der Waals surface area contributed by atoms with Crippen LogP contribution in [0.4, 0.5) is 0 Å². The van der Waals surface area contributed by atoms with Crippen LogP contribution in [-0.2, 0) is 11.3 Å². The summed E-state index contributed by atoms with van der Waals surface area (Å²) in [5.41, 5.74) is 1.14. The Balaban J connectivity index is 2.65. The van der Waals surface area contributed by atoms with Crippen molar-refractivity contribution in [2.45, 2.75) is 24.7 Å². The van der Waals surface area contributed by atoms with E-state index in [2.05, 4.69) is 15.9 Å². The normalized spacial score (nSPS) is 11.2. The van der Waals surface area contributed by atoms with E-state index >= 15 is 0 Å². The molecule has 0 N–H and O–H groups in total. The molecule has 0 aliphatic rings. The first-order valence-electron chi connectivity index (χ1n) is 4.89. The van der Waals surface area contributed by atoms with Gasteiger partial charge < -0.3 is 4.90 Å². The number of hydrogen-bond acceptors (Lipinski definition) is 1. The van der Waals surface area contributed by atoms with E-state index in [9.17, 15) is 4.79 Å². The summed E-state index contributed by atoms with van der Waals surface area (Å²) in [6, 6.07) is 9.97. The predicted octanol–water partition coefficient (Wildman–Crippen LogP) is 2.82. The van der Waals surface area contributed by atoms with Crippen molar-refractivity contribution in [2.24, 2.45) is 0 Å². The van der Waals surface area contributed by atoms with Crippen LogP contribution >= 0.6 is 15.9 Å². The average Bonchev–Trinajstić information content (AvgIpc) is 2.16. The highest BCUT2D eigenvalue weighted by Crippen LogP contribution is 2.19. The third-order valence-electron chi connectivity index (χ3n) is 2.12. The Labute approximate surface area is 99.4 Å². The lowest BCUT2D eigenvalue weighted by Gasteiger charge is -2.24. The van der Waals surface area contributed by atoms with Crippen LogP contribution in [0.1, 0.15) is 19.4 Å². The van der Waals surface area contributed by atoms with Gasteiger partial charge in [-0.1, -0.05) is 46.3 Å². The van der Waals surface area contributed by atoms with Gasteiger partial charge in [0, 0.05) is 13.6 Å². The summed E-state index contributed by atoms with van der Waals surface area (Å²) >= 11 is 3.37. The number of halogens is 1. The van der Waals surface area contributed by atoms with Gasteiger partial charge in [0.05, 0.1) is 4.32 Å². The molecule has 0 fully saturated rings. The van der Waals surface area contributed by atoms with Crippen LogP contribution in [-0.4, -0.2) is 22.2 Å². The van der Waals surface area contributed by atoms with Gasteiger partial charge >= 0.3 is 0 Å². The molecule has 1 aromatic rings. The topological polar surface area (TPSA) is 20.3 Å². The van der Waals surface area contributed by atoms with Crippen LogP contribution in [0.15, 0.2) is 30.3 Å². The fourth-order valence-electron chi connectivity index (χ4n) is 1.38. The third kappa shape index (κ3) is 3.67. The van der Waals surface area contributed by atoms with E-state index < -0.39 is 4.32 Å². The molecule has 0 saturated heterocycles. The molecule has 0 bridgehead atoms. The summed E-state index contributed by atoms with van der Waals surface area (Å²) in [4.78, 5) is 13.6. The predicted molar refractivity (Wildman–Crippen MR) is 65.9 cm³/mol. The number of carbonyl (C=O) groups is 1. The molecule has 0 heterocycles. The second-order valence-electron chi connectivity index (χ2n) is 4.12. The number of rotatable bonds is 3. The zero-order valence-corrected chi connectivity index (χ0v) is 10.9. The van der Waals surface area contributed by atoms with Crippen LogP contribution in [0.3, 0.4) is 0 Å². The Morgan fingerprint density at radius 2 is 1.87 bits per heavy atom. The minimum absolute atomic E-state index is 0.0892. The summed E-state index contributed by atoms with van der Waals surface area (Å²) in [7, 11) is 1.82. The maximum atomic E-state index is 11.8. The second kappa shape index (κ2) is 4.79. The molecule has 1 amide bonds. The minimum Gasteiger partial charge on any atom is -0.340 e. The number of benzene rings is 1. The summed E-state index contributed by atoms with van der Waals surface area (Å²) < 4.78 is -0.490. The lowest BCUT2D eigenvalue weighted by molar-refractivity contribution is -0.131. The lowest BCUT2D eigenvalue weighted by Crippen LogP contribution is -2.38. The van der Waals surface area contributed by atoms with Crippen molar-refractivity contribution in [1.29, 1.82) is 0 Å². The number of nitrogens with zero attached hydrogens (tertiary/aromatic N) is 1. The van der Waals surface area contributed by atoms with Crippen molar-refractivity contribution in [3.8, 4) is 0 Å². The van der Waals surface area contributed by atoms with E-state index in [0.29, 0.717) is 6.54 Å². The molecule has 1 rings (SSSR count). The summed E-state index contributed by atoms with van der Waals surface area (Å²) in [5, 5.41) is 0. The van der Waals surface area contributed by atoms with Crippen LogP contribution in [0, 0.1) is 0 Å². The molecule has 2 nitrogen and oxygen atoms in total. The zero-order chi connectivity index (χ0) is 11.5. The zero-order valence-electron chi connectivity index (χ0n) is 9.33. The molecular weight excluding hydrogens is 254 g/mol. The van der Waals surface area contributed by atoms with Gasteiger partial charge in [0.1, 0.15) is 0 Å². The van der Waals surface area contributed by atoms with Crippen LogP contribution in [0.2, 0.25) is 0 Å². The van der Waals surface area contributed by atoms with Crippen molar-refractivity contribution >= 4 is 21.8 Å². The Kier molecular flexibility index (Phi) is 3.91. The maximum absolute atomic E-state index is 11.8.